The van der Waals surface area contributed by atoms with E-state index in [1.165, 1.54) is 0 Å². The van der Waals surface area contributed by atoms with E-state index in [1.54, 1.807) is 24.3 Å². The molecule has 0 spiro atoms. The summed E-state index contributed by atoms with van der Waals surface area (Å²) in [5.74, 6) is 4.03. The predicted molar refractivity (Wildman–Crippen MR) is 70.4 cm³/mol. The smallest absolute Gasteiger partial charge is 0.416 e. The van der Waals surface area contributed by atoms with Gasteiger partial charge in [0, 0.05) is 11.5 Å². The summed E-state index contributed by atoms with van der Waals surface area (Å²) in [6.07, 6.45) is -4.42. The molecule has 0 heterocycles. The number of esters is 1. The molecule has 0 saturated carbocycles. The number of alkyl halides is 3. The number of ether oxygens (including phenoxy) is 1. The van der Waals surface area contributed by atoms with Gasteiger partial charge >= 0.3 is 12.1 Å². The number of rotatable bonds is 1. The van der Waals surface area contributed by atoms with Gasteiger partial charge in [0.2, 0.25) is 0 Å². The summed E-state index contributed by atoms with van der Waals surface area (Å²) < 4.78 is 41.9. The molecule has 0 aromatic heterocycles. The summed E-state index contributed by atoms with van der Waals surface area (Å²) in [6.45, 7) is 0. The van der Waals surface area contributed by atoms with Crippen LogP contribution in [0.1, 0.15) is 11.1 Å². The fourth-order valence-corrected chi connectivity index (χ4v) is 1.49. The molecule has 5 heteroatoms. The Morgan fingerprint density at radius 2 is 1.57 bits per heavy atom. The Balaban J connectivity index is 2.02. The molecule has 2 nitrogen and oxygen atoms in total. The predicted octanol–water partition coefficient (Wildman–Crippen LogP) is 3.66. The van der Waals surface area contributed by atoms with Crippen LogP contribution >= 0.6 is 0 Å². The second-order valence-electron chi connectivity index (χ2n) is 4.03. The van der Waals surface area contributed by atoms with Crippen LogP contribution in [0.2, 0.25) is 0 Å². The Morgan fingerprint density at radius 3 is 2.14 bits per heavy atom. The lowest BCUT2D eigenvalue weighted by Crippen LogP contribution is -2.07. The van der Waals surface area contributed by atoms with Crippen LogP contribution in [0.5, 0.6) is 5.75 Å². The number of hydrogen-bond acceptors (Lipinski definition) is 2. The normalized spacial score (nSPS) is 10.4. The highest BCUT2D eigenvalue weighted by Gasteiger charge is 2.30. The Kier molecular flexibility index (Phi) is 4.29. The first-order valence-corrected chi connectivity index (χ1v) is 5.91. The van der Waals surface area contributed by atoms with E-state index >= 15 is 0 Å². The van der Waals surface area contributed by atoms with E-state index in [0.29, 0.717) is 5.56 Å². The van der Waals surface area contributed by atoms with Gasteiger partial charge in [-0.1, -0.05) is 24.1 Å². The zero-order chi connectivity index (χ0) is 15.3. The Bertz CT molecular complexity index is 677. The van der Waals surface area contributed by atoms with E-state index in [1.807, 2.05) is 6.07 Å². The van der Waals surface area contributed by atoms with Crippen LogP contribution < -0.4 is 4.74 Å². The average molecular weight is 290 g/mol. The largest absolute Gasteiger partial charge is 0.417 e. The van der Waals surface area contributed by atoms with Crippen LogP contribution in [0.15, 0.2) is 54.6 Å². The zero-order valence-corrected chi connectivity index (χ0v) is 10.6. The minimum atomic E-state index is -4.42. The molecule has 0 bridgehead atoms. The molecule has 0 N–H and O–H groups in total. The van der Waals surface area contributed by atoms with E-state index in [4.69, 9.17) is 4.74 Å². The molecule has 2 aromatic carbocycles. The Labute approximate surface area is 119 Å². The third-order valence-corrected chi connectivity index (χ3v) is 2.47. The molecular formula is C16H9F3O2. The van der Waals surface area contributed by atoms with Gasteiger partial charge in [0.05, 0.1) is 5.56 Å². The SMILES string of the molecule is O=C(C#Cc1ccccc1)Oc1ccc(C(F)(F)F)cc1. The minimum Gasteiger partial charge on any atom is -0.417 e. The van der Waals surface area contributed by atoms with Crippen LogP contribution in [0.4, 0.5) is 13.2 Å². The first-order chi connectivity index (χ1) is 9.95. The molecule has 0 atom stereocenters. The van der Waals surface area contributed by atoms with Gasteiger partial charge in [-0.3, -0.25) is 0 Å². The van der Waals surface area contributed by atoms with Crippen molar-refractivity contribution in [3.63, 3.8) is 0 Å². The third kappa shape index (κ3) is 4.39. The molecule has 0 aliphatic rings. The maximum atomic E-state index is 12.4. The van der Waals surface area contributed by atoms with E-state index in [9.17, 15) is 18.0 Å². The van der Waals surface area contributed by atoms with Gasteiger partial charge in [0.1, 0.15) is 5.75 Å². The van der Waals surface area contributed by atoms with Gasteiger partial charge in [0.25, 0.3) is 0 Å². The fraction of sp³-hybridized carbons (Fsp3) is 0.0625. The van der Waals surface area contributed by atoms with Crippen molar-refractivity contribution in [2.24, 2.45) is 0 Å². The van der Waals surface area contributed by atoms with Crippen molar-refractivity contribution in [2.75, 3.05) is 0 Å². The monoisotopic (exact) mass is 290 g/mol. The third-order valence-electron chi connectivity index (χ3n) is 2.47. The average Bonchev–Trinajstić information content (AvgIpc) is 2.46. The van der Waals surface area contributed by atoms with Crippen molar-refractivity contribution in [2.45, 2.75) is 6.18 Å². The quantitative estimate of drug-likeness (QED) is 0.455. The lowest BCUT2D eigenvalue weighted by atomic mass is 10.2. The number of benzene rings is 2. The van der Waals surface area contributed by atoms with Crippen molar-refractivity contribution >= 4 is 5.97 Å². The van der Waals surface area contributed by atoms with Crippen LogP contribution in [-0.4, -0.2) is 5.97 Å². The van der Waals surface area contributed by atoms with Crippen molar-refractivity contribution in [3.8, 4) is 17.6 Å². The molecule has 106 valence electrons. The van der Waals surface area contributed by atoms with Gasteiger partial charge in [-0.15, -0.1) is 0 Å². The zero-order valence-electron chi connectivity index (χ0n) is 10.6. The van der Waals surface area contributed by atoms with Gasteiger partial charge in [-0.05, 0) is 36.4 Å². The summed E-state index contributed by atoms with van der Waals surface area (Å²) in [5, 5.41) is 0. The van der Waals surface area contributed by atoms with Gasteiger partial charge < -0.3 is 4.74 Å². The summed E-state index contributed by atoms with van der Waals surface area (Å²) in [5.41, 5.74) is -0.167. The van der Waals surface area contributed by atoms with Crippen molar-refractivity contribution in [1.82, 2.24) is 0 Å². The molecule has 0 saturated heterocycles. The summed E-state index contributed by atoms with van der Waals surface area (Å²) >= 11 is 0. The van der Waals surface area contributed by atoms with Crippen molar-refractivity contribution in [3.05, 3.63) is 65.7 Å². The van der Waals surface area contributed by atoms with Crippen molar-refractivity contribution in [1.29, 1.82) is 0 Å². The highest BCUT2D eigenvalue weighted by atomic mass is 19.4. The van der Waals surface area contributed by atoms with Crippen LogP contribution in [0.25, 0.3) is 0 Å². The van der Waals surface area contributed by atoms with Gasteiger partial charge in [-0.2, -0.15) is 13.2 Å². The highest BCUT2D eigenvalue weighted by Crippen LogP contribution is 2.30. The summed E-state index contributed by atoms with van der Waals surface area (Å²) in [7, 11) is 0. The van der Waals surface area contributed by atoms with Crippen LogP contribution in [0, 0.1) is 11.8 Å². The number of halogens is 3. The molecule has 21 heavy (non-hydrogen) atoms. The first-order valence-electron chi connectivity index (χ1n) is 5.91. The standard InChI is InChI=1S/C16H9F3O2/c17-16(18,19)13-7-9-14(10-8-13)21-15(20)11-6-12-4-2-1-3-5-12/h1-5,7-10H. The van der Waals surface area contributed by atoms with Crippen LogP contribution in [0.3, 0.4) is 0 Å². The minimum absolute atomic E-state index is 0.00959. The maximum absolute atomic E-state index is 12.4. The number of hydrogen-bond donors (Lipinski definition) is 0. The molecule has 0 radical (unpaired) electrons. The van der Waals surface area contributed by atoms with E-state index < -0.39 is 17.7 Å². The Morgan fingerprint density at radius 1 is 0.952 bits per heavy atom. The van der Waals surface area contributed by atoms with E-state index in [0.717, 1.165) is 24.3 Å². The lowest BCUT2D eigenvalue weighted by Gasteiger charge is -2.06. The maximum Gasteiger partial charge on any atom is 0.416 e. The van der Waals surface area contributed by atoms with E-state index in [-0.39, 0.29) is 5.75 Å². The summed E-state index contributed by atoms with van der Waals surface area (Å²) in [4.78, 5) is 11.4. The Hall–Kier alpha value is -2.74. The molecule has 2 aromatic rings. The molecular weight excluding hydrogens is 281 g/mol. The molecule has 0 amide bonds. The van der Waals surface area contributed by atoms with Crippen molar-refractivity contribution < 1.29 is 22.7 Å². The second-order valence-corrected chi connectivity index (χ2v) is 4.03. The summed E-state index contributed by atoms with van der Waals surface area (Å²) in [6, 6.07) is 12.6. The second kappa shape index (κ2) is 6.14. The highest BCUT2D eigenvalue weighted by molar-refractivity contribution is 5.90. The molecule has 0 fully saturated rings. The molecule has 0 aliphatic heterocycles. The molecule has 0 aliphatic carbocycles. The van der Waals surface area contributed by atoms with Crippen LogP contribution in [-0.2, 0) is 11.0 Å². The van der Waals surface area contributed by atoms with E-state index in [2.05, 4.69) is 11.8 Å². The number of carbonyl (C=O) groups is 1. The number of carbonyl (C=O) groups excluding carboxylic acids is 1. The molecule has 0 unspecified atom stereocenters. The first kappa shape index (κ1) is 14.7. The molecule has 2 rings (SSSR count). The topological polar surface area (TPSA) is 26.3 Å². The fourth-order valence-electron chi connectivity index (χ4n) is 1.49. The van der Waals surface area contributed by atoms with Gasteiger partial charge in [0.15, 0.2) is 0 Å². The lowest BCUT2D eigenvalue weighted by molar-refractivity contribution is -0.137. The van der Waals surface area contributed by atoms with Gasteiger partial charge in [-0.25, -0.2) is 4.79 Å².